The summed E-state index contributed by atoms with van der Waals surface area (Å²) in [7, 11) is -2.03. The number of rotatable bonds is 6. The van der Waals surface area contributed by atoms with Crippen molar-refractivity contribution >= 4 is 10.0 Å². The van der Waals surface area contributed by atoms with Gasteiger partial charge in [0.05, 0.1) is 24.2 Å². The number of piperazine rings is 1. The van der Waals surface area contributed by atoms with E-state index < -0.39 is 10.0 Å². The Kier molecular flexibility index (Phi) is 5.75. The normalized spacial score (nSPS) is 15.9. The van der Waals surface area contributed by atoms with Gasteiger partial charge in [-0.2, -0.15) is 8.99 Å². The largest absolute Gasteiger partial charge is 0.497 e. The lowest BCUT2D eigenvalue weighted by atomic mass is 10.3. The van der Waals surface area contributed by atoms with E-state index in [0.29, 0.717) is 50.0 Å². The number of ether oxygens (including phenoxy) is 1. The molecule has 1 saturated heterocycles. The minimum Gasteiger partial charge on any atom is -0.497 e. The van der Waals surface area contributed by atoms with Gasteiger partial charge in [0.15, 0.2) is 5.82 Å². The molecule has 0 aliphatic carbocycles. The van der Waals surface area contributed by atoms with Crippen molar-refractivity contribution in [3.05, 3.63) is 60.2 Å². The van der Waals surface area contributed by atoms with Gasteiger partial charge in [-0.05, 0) is 52.9 Å². The smallest absolute Gasteiger partial charge is 0.243 e. The molecule has 0 saturated carbocycles. The van der Waals surface area contributed by atoms with Crippen LogP contribution in [-0.4, -0.2) is 71.1 Å². The highest BCUT2D eigenvalue weighted by Crippen LogP contribution is 2.21. The summed E-state index contributed by atoms with van der Waals surface area (Å²) in [5, 5.41) is 11.7. The molecule has 1 aliphatic rings. The van der Waals surface area contributed by atoms with Crippen molar-refractivity contribution < 1.29 is 17.5 Å². The van der Waals surface area contributed by atoms with Crippen LogP contribution in [0, 0.1) is 5.82 Å². The molecule has 2 heterocycles. The molecule has 1 fully saturated rings. The monoisotopic (exact) mass is 432 g/mol. The molecule has 0 atom stereocenters. The lowest BCUT2D eigenvalue weighted by Gasteiger charge is -2.33. The van der Waals surface area contributed by atoms with Gasteiger partial charge in [-0.3, -0.25) is 4.90 Å². The van der Waals surface area contributed by atoms with Crippen molar-refractivity contribution in [3.63, 3.8) is 0 Å². The summed E-state index contributed by atoms with van der Waals surface area (Å²) < 4.78 is 47.3. The molecular formula is C19H21FN6O3S. The Morgan fingerprint density at radius 1 is 1.07 bits per heavy atom. The Bertz CT molecular complexity index is 1110. The average molecular weight is 432 g/mol. The first-order valence-corrected chi connectivity index (χ1v) is 10.8. The molecule has 0 unspecified atom stereocenters. The maximum absolute atomic E-state index is 13.5. The molecule has 0 spiro atoms. The van der Waals surface area contributed by atoms with Gasteiger partial charge in [-0.15, -0.1) is 5.10 Å². The average Bonchev–Trinajstić information content (AvgIpc) is 3.22. The van der Waals surface area contributed by atoms with Gasteiger partial charge in [0.1, 0.15) is 11.6 Å². The molecule has 158 valence electrons. The Labute approximate surface area is 173 Å². The zero-order valence-electron chi connectivity index (χ0n) is 16.3. The Morgan fingerprint density at radius 3 is 2.47 bits per heavy atom. The summed E-state index contributed by atoms with van der Waals surface area (Å²) in [5.41, 5.74) is 0.538. The number of hydrogen-bond donors (Lipinski definition) is 0. The van der Waals surface area contributed by atoms with E-state index >= 15 is 0 Å². The van der Waals surface area contributed by atoms with Crippen LogP contribution in [0.4, 0.5) is 4.39 Å². The number of nitrogens with zero attached hydrogens (tertiary/aromatic N) is 6. The van der Waals surface area contributed by atoms with Crippen LogP contribution in [0.3, 0.4) is 0 Å². The van der Waals surface area contributed by atoms with Crippen LogP contribution in [0.15, 0.2) is 53.4 Å². The molecule has 3 aromatic rings. The van der Waals surface area contributed by atoms with Gasteiger partial charge < -0.3 is 4.74 Å². The zero-order valence-corrected chi connectivity index (χ0v) is 17.2. The molecule has 4 rings (SSSR count). The first-order chi connectivity index (χ1) is 14.5. The molecular weight excluding hydrogens is 411 g/mol. The van der Waals surface area contributed by atoms with E-state index in [9.17, 15) is 12.8 Å². The molecule has 11 heteroatoms. The predicted octanol–water partition coefficient (Wildman–Crippen LogP) is 1.32. The molecule has 0 radical (unpaired) electrons. The van der Waals surface area contributed by atoms with Crippen LogP contribution < -0.4 is 4.74 Å². The van der Waals surface area contributed by atoms with Gasteiger partial charge in [0.2, 0.25) is 10.0 Å². The second-order valence-corrected chi connectivity index (χ2v) is 8.78. The highest BCUT2D eigenvalue weighted by molar-refractivity contribution is 7.89. The molecule has 0 amide bonds. The SMILES string of the molecule is COc1ccc(S(=O)(=O)N2CCN(Cc3nnnn3-c3cccc(F)c3)CC2)cc1. The molecule has 30 heavy (non-hydrogen) atoms. The van der Waals surface area contributed by atoms with Crippen LogP contribution >= 0.6 is 0 Å². The molecule has 9 nitrogen and oxygen atoms in total. The predicted molar refractivity (Wildman–Crippen MR) is 106 cm³/mol. The number of methoxy groups -OCH3 is 1. The van der Waals surface area contributed by atoms with Crippen LogP contribution in [0.25, 0.3) is 5.69 Å². The number of hydrogen-bond acceptors (Lipinski definition) is 7. The summed E-state index contributed by atoms with van der Waals surface area (Å²) in [4.78, 5) is 2.31. The van der Waals surface area contributed by atoms with Crippen LogP contribution in [0.5, 0.6) is 5.75 Å². The third kappa shape index (κ3) is 4.18. The number of sulfonamides is 1. The Balaban J connectivity index is 1.41. The van der Waals surface area contributed by atoms with Crippen molar-refractivity contribution in [1.29, 1.82) is 0 Å². The van der Waals surface area contributed by atoms with Crippen LogP contribution in [0.2, 0.25) is 0 Å². The summed E-state index contributed by atoms with van der Waals surface area (Å²) in [5.74, 6) is 0.799. The maximum Gasteiger partial charge on any atom is 0.243 e. The lowest BCUT2D eigenvalue weighted by molar-refractivity contribution is 0.177. The second kappa shape index (κ2) is 8.46. The number of aromatic nitrogens is 4. The first kappa shape index (κ1) is 20.4. The van der Waals surface area contributed by atoms with Crippen molar-refractivity contribution in [2.45, 2.75) is 11.4 Å². The summed E-state index contributed by atoms with van der Waals surface area (Å²) in [6.07, 6.45) is 0. The van der Waals surface area contributed by atoms with Gasteiger partial charge >= 0.3 is 0 Å². The topological polar surface area (TPSA) is 93.5 Å². The van der Waals surface area contributed by atoms with E-state index in [1.54, 1.807) is 36.4 Å². The quantitative estimate of drug-likeness (QED) is 0.580. The first-order valence-electron chi connectivity index (χ1n) is 9.37. The molecule has 0 bridgehead atoms. The number of benzene rings is 2. The van der Waals surface area contributed by atoms with Gasteiger partial charge in [-0.1, -0.05) is 6.07 Å². The number of tetrazole rings is 1. The maximum atomic E-state index is 13.5. The van der Waals surface area contributed by atoms with Crippen molar-refractivity contribution in [3.8, 4) is 11.4 Å². The van der Waals surface area contributed by atoms with Crippen molar-refractivity contribution in [2.75, 3.05) is 33.3 Å². The van der Waals surface area contributed by atoms with Crippen LogP contribution in [0.1, 0.15) is 5.82 Å². The molecule has 1 aromatic heterocycles. The summed E-state index contributed by atoms with van der Waals surface area (Å²) >= 11 is 0. The highest BCUT2D eigenvalue weighted by atomic mass is 32.2. The fourth-order valence-electron chi connectivity index (χ4n) is 3.34. The molecule has 0 N–H and O–H groups in total. The molecule has 2 aromatic carbocycles. The van der Waals surface area contributed by atoms with E-state index in [4.69, 9.17) is 4.74 Å². The third-order valence-corrected chi connectivity index (χ3v) is 6.89. The highest BCUT2D eigenvalue weighted by Gasteiger charge is 2.29. The van der Waals surface area contributed by atoms with E-state index in [0.717, 1.165) is 0 Å². The fraction of sp³-hybridized carbons (Fsp3) is 0.316. The minimum atomic E-state index is -3.56. The fourth-order valence-corrected chi connectivity index (χ4v) is 4.76. The van der Waals surface area contributed by atoms with E-state index in [1.807, 2.05) is 0 Å². The standard InChI is InChI=1S/C19H21FN6O3S/c1-29-17-5-7-18(8-6-17)30(27,28)25-11-9-24(10-12-25)14-19-21-22-23-26(19)16-4-2-3-15(20)13-16/h2-8,13H,9-12,14H2,1H3. The van der Waals surface area contributed by atoms with Gasteiger partial charge in [-0.25, -0.2) is 12.8 Å². The second-order valence-electron chi connectivity index (χ2n) is 6.84. The van der Waals surface area contributed by atoms with Crippen LogP contribution in [-0.2, 0) is 16.6 Å². The summed E-state index contributed by atoms with van der Waals surface area (Å²) in [6.45, 7) is 2.21. The zero-order chi connectivity index (χ0) is 21.1. The summed E-state index contributed by atoms with van der Waals surface area (Å²) in [6, 6.07) is 12.4. The van der Waals surface area contributed by atoms with E-state index in [1.165, 1.54) is 28.2 Å². The molecule has 1 aliphatic heterocycles. The van der Waals surface area contributed by atoms with Crippen molar-refractivity contribution in [2.24, 2.45) is 0 Å². The third-order valence-electron chi connectivity index (χ3n) is 4.98. The Morgan fingerprint density at radius 2 is 1.80 bits per heavy atom. The lowest BCUT2D eigenvalue weighted by Crippen LogP contribution is -2.48. The van der Waals surface area contributed by atoms with Crippen molar-refractivity contribution in [1.82, 2.24) is 29.4 Å². The van der Waals surface area contributed by atoms with Gasteiger partial charge in [0, 0.05) is 26.2 Å². The van der Waals surface area contributed by atoms with E-state index in [2.05, 4.69) is 20.4 Å². The number of halogens is 1. The van der Waals surface area contributed by atoms with Gasteiger partial charge in [0.25, 0.3) is 0 Å². The minimum absolute atomic E-state index is 0.242. The Hall–Kier alpha value is -2.89. The van der Waals surface area contributed by atoms with E-state index in [-0.39, 0.29) is 10.7 Å².